The van der Waals surface area contributed by atoms with Gasteiger partial charge in [0.05, 0.1) is 5.52 Å². The van der Waals surface area contributed by atoms with Gasteiger partial charge in [0.25, 0.3) is 5.91 Å². The number of amides is 3. The first-order chi connectivity index (χ1) is 14.7. The van der Waals surface area contributed by atoms with Gasteiger partial charge in [-0.05, 0) is 31.2 Å². The van der Waals surface area contributed by atoms with Crippen LogP contribution in [-0.2, 0) is 16.1 Å². The number of likely N-dealkylation sites (tertiary alicyclic amines) is 1. The van der Waals surface area contributed by atoms with Crippen LogP contribution in [0.25, 0.3) is 10.9 Å². The monoisotopic (exact) mass is 431 g/mol. The van der Waals surface area contributed by atoms with Gasteiger partial charge >= 0.3 is 0 Å². The van der Waals surface area contributed by atoms with Crippen molar-refractivity contribution < 1.29 is 23.2 Å². The van der Waals surface area contributed by atoms with Gasteiger partial charge in [-0.15, -0.1) is 0 Å². The van der Waals surface area contributed by atoms with Crippen molar-refractivity contribution in [3.05, 3.63) is 30.0 Å². The van der Waals surface area contributed by atoms with Crippen LogP contribution in [0.4, 0.5) is 8.78 Å². The zero-order valence-electron chi connectivity index (χ0n) is 16.8. The molecule has 3 amide bonds. The quantitative estimate of drug-likeness (QED) is 0.746. The predicted molar refractivity (Wildman–Crippen MR) is 106 cm³/mol. The van der Waals surface area contributed by atoms with Crippen molar-refractivity contribution in [1.29, 1.82) is 0 Å². The first kappa shape index (κ1) is 19.9. The molecule has 2 heterocycles. The zero-order valence-corrected chi connectivity index (χ0v) is 16.8. The van der Waals surface area contributed by atoms with Crippen molar-refractivity contribution in [3.8, 4) is 0 Å². The highest BCUT2D eigenvalue weighted by molar-refractivity contribution is 6.04. The second-order valence-electron chi connectivity index (χ2n) is 8.81. The Balaban J connectivity index is 1.33. The molecule has 1 aromatic heterocycles. The Morgan fingerprint density at radius 2 is 2.00 bits per heavy atom. The second kappa shape index (κ2) is 7.00. The number of benzene rings is 1. The Morgan fingerprint density at radius 1 is 1.23 bits per heavy atom. The highest BCUT2D eigenvalue weighted by atomic mass is 19.3. The van der Waals surface area contributed by atoms with Crippen LogP contribution in [0.1, 0.15) is 42.6 Å². The number of nitrogens with zero attached hydrogens (tertiary/aromatic N) is 3. The van der Waals surface area contributed by atoms with E-state index < -0.39 is 23.9 Å². The summed E-state index contributed by atoms with van der Waals surface area (Å²) in [5, 5.41) is 7.50. The van der Waals surface area contributed by atoms with Gasteiger partial charge in [0.2, 0.25) is 17.7 Å². The molecule has 1 unspecified atom stereocenters. The van der Waals surface area contributed by atoms with Crippen LogP contribution in [0.2, 0.25) is 0 Å². The number of nitrogens with one attached hydrogen (secondary N) is 1. The van der Waals surface area contributed by atoms with Crippen LogP contribution in [0.5, 0.6) is 0 Å². The normalized spacial score (nSPS) is 28.5. The number of carbonyl (C=O) groups excluding carboxylic acids is 3. The van der Waals surface area contributed by atoms with Crippen molar-refractivity contribution in [1.82, 2.24) is 20.0 Å². The summed E-state index contributed by atoms with van der Waals surface area (Å²) in [4.78, 5) is 39.3. The molecule has 5 rings (SSSR count). The zero-order chi connectivity index (χ0) is 21.9. The van der Waals surface area contributed by atoms with Crippen LogP contribution >= 0.6 is 0 Å². The summed E-state index contributed by atoms with van der Waals surface area (Å²) in [6.07, 6.45) is 1.02. The van der Waals surface area contributed by atoms with Gasteiger partial charge in [-0.3, -0.25) is 19.1 Å². The SMILES string of the molecule is NC(=O)c1nn(CC(=O)N2[C@@H]3C[C@@H]3C[C@H]2C(=O)NC2CCC(F)(F)C2)c2ccccc12. The number of rotatable bonds is 5. The number of hydrogen-bond acceptors (Lipinski definition) is 4. The number of fused-ring (bicyclic) bond motifs is 2. The lowest BCUT2D eigenvalue weighted by Gasteiger charge is -2.28. The molecular weight excluding hydrogens is 408 g/mol. The molecule has 4 atom stereocenters. The Bertz CT molecular complexity index is 1080. The number of piperidine rings is 1. The average Bonchev–Trinajstić information content (AvgIpc) is 3.05. The topological polar surface area (TPSA) is 110 Å². The lowest BCUT2D eigenvalue weighted by Crippen LogP contribution is -2.51. The van der Waals surface area contributed by atoms with Crippen molar-refractivity contribution in [3.63, 3.8) is 0 Å². The minimum absolute atomic E-state index is 0.00861. The van der Waals surface area contributed by atoms with Gasteiger partial charge in [0.15, 0.2) is 5.69 Å². The van der Waals surface area contributed by atoms with Crippen LogP contribution in [0.15, 0.2) is 24.3 Å². The molecule has 3 fully saturated rings. The first-order valence-corrected chi connectivity index (χ1v) is 10.5. The molecule has 10 heteroatoms. The minimum Gasteiger partial charge on any atom is -0.364 e. The molecule has 1 aliphatic heterocycles. The number of aromatic nitrogens is 2. The maximum Gasteiger partial charge on any atom is 0.269 e. The van der Waals surface area contributed by atoms with Crippen molar-refractivity contribution in [2.45, 2.75) is 62.7 Å². The van der Waals surface area contributed by atoms with E-state index in [9.17, 15) is 23.2 Å². The Morgan fingerprint density at radius 3 is 2.71 bits per heavy atom. The molecule has 2 saturated carbocycles. The van der Waals surface area contributed by atoms with Crippen LogP contribution < -0.4 is 11.1 Å². The van der Waals surface area contributed by atoms with E-state index in [2.05, 4.69) is 10.4 Å². The van der Waals surface area contributed by atoms with Crippen molar-refractivity contribution in [2.24, 2.45) is 11.7 Å². The maximum atomic E-state index is 13.5. The highest BCUT2D eigenvalue weighted by Crippen LogP contribution is 2.48. The smallest absolute Gasteiger partial charge is 0.269 e. The van der Waals surface area contributed by atoms with E-state index in [4.69, 9.17) is 5.73 Å². The summed E-state index contributed by atoms with van der Waals surface area (Å²) in [5.74, 6) is -3.82. The molecular formula is C21H23F2N5O3. The van der Waals surface area contributed by atoms with Gasteiger partial charge < -0.3 is 16.0 Å². The van der Waals surface area contributed by atoms with Gasteiger partial charge in [0, 0.05) is 30.3 Å². The molecule has 8 nitrogen and oxygen atoms in total. The van der Waals surface area contributed by atoms with E-state index in [0.717, 1.165) is 6.42 Å². The second-order valence-corrected chi connectivity index (χ2v) is 8.81. The molecule has 3 aliphatic rings. The summed E-state index contributed by atoms with van der Waals surface area (Å²) in [6, 6.07) is 5.75. The lowest BCUT2D eigenvalue weighted by molar-refractivity contribution is -0.140. The largest absolute Gasteiger partial charge is 0.364 e. The Labute approximate surface area is 176 Å². The molecule has 2 aromatic rings. The molecule has 1 aromatic carbocycles. The van der Waals surface area contributed by atoms with Crippen LogP contribution in [0, 0.1) is 5.92 Å². The van der Waals surface area contributed by atoms with E-state index in [1.54, 1.807) is 29.2 Å². The third kappa shape index (κ3) is 3.53. The predicted octanol–water partition coefficient (Wildman–Crippen LogP) is 1.43. The molecule has 0 radical (unpaired) electrons. The summed E-state index contributed by atoms with van der Waals surface area (Å²) >= 11 is 0. The van der Waals surface area contributed by atoms with E-state index >= 15 is 0 Å². The molecule has 0 spiro atoms. The molecule has 31 heavy (non-hydrogen) atoms. The molecule has 164 valence electrons. The number of alkyl halides is 2. The molecule has 2 aliphatic carbocycles. The summed E-state index contributed by atoms with van der Waals surface area (Å²) in [5.41, 5.74) is 6.11. The van der Waals surface area contributed by atoms with E-state index in [1.165, 1.54) is 4.68 Å². The van der Waals surface area contributed by atoms with E-state index in [0.29, 0.717) is 17.3 Å². The van der Waals surface area contributed by atoms with E-state index in [1.807, 2.05) is 0 Å². The van der Waals surface area contributed by atoms with Gasteiger partial charge in [0.1, 0.15) is 12.6 Å². The fraction of sp³-hybridized carbons (Fsp3) is 0.524. The van der Waals surface area contributed by atoms with Crippen LogP contribution in [-0.4, -0.2) is 56.4 Å². The number of primary amides is 1. The average molecular weight is 431 g/mol. The van der Waals surface area contributed by atoms with Gasteiger partial charge in [-0.1, -0.05) is 18.2 Å². The van der Waals surface area contributed by atoms with Crippen molar-refractivity contribution >= 4 is 28.6 Å². The molecule has 1 saturated heterocycles. The maximum absolute atomic E-state index is 13.5. The fourth-order valence-corrected chi connectivity index (χ4v) is 5.06. The summed E-state index contributed by atoms with van der Waals surface area (Å²) in [6.45, 7) is -0.137. The first-order valence-electron chi connectivity index (χ1n) is 10.5. The summed E-state index contributed by atoms with van der Waals surface area (Å²) < 4.78 is 28.4. The third-order valence-corrected chi connectivity index (χ3v) is 6.62. The summed E-state index contributed by atoms with van der Waals surface area (Å²) in [7, 11) is 0. The standard InChI is InChI=1S/C21H23F2N5O3/c22-21(23)6-5-12(9-21)25-20(31)16-8-11-7-15(11)28(16)17(29)10-27-14-4-2-1-3-13(14)18(26-27)19(24)30/h1-4,11-12,15-16H,5-10H2,(H2,24,30)(H,25,31)/t11-,12?,15-,16+/m1/s1. The Kier molecular flexibility index (Phi) is 4.49. The highest BCUT2D eigenvalue weighted by Gasteiger charge is 2.56. The number of nitrogens with two attached hydrogens (primary N) is 1. The third-order valence-electron chi connectivity index (χ3n) is 6.62. The molecule has 0 bridgehead atoms. The fourth-order valence-electron chi connectivity index (χ4n) is 5.06. The van der Waals surface area contributed by atoms with Gasteiger partial charge in [-0.2, -0.15) is 5.10 Å². The number of carbonyl (C=O) groups is 3. The number of halogens is 2. The van der Waals surface area contributed by atoms with Crippen molar-refractivity contribution in [2.75, 3.05) is 0 Å². The molecule has 3 N–H and O–H groups in total. The minimum atomic E-state index is -2.75. The lowest BCUT2D eigenvalue weighted by atomic mass is 10.1. The number of para-hydroxylation sites is 1. The van der Waals surface area contributed by atoms with Crippen LogP contribution in [0.3, 0.4) is 0 Å². The Hall–Kier alpha value is -3.04. The van der Waals surface area contributed by atoms with E-state index in [-0.39, 0.29) is 55.3 Å². The van der Waals surface area contributed by atoms with Gasteiger partial charge in [-0.25, -0.2) is 8.78 Å². The number of hydrogen-bond donors (Lipinski definition) is 2.